The number of rotatable bonds is 11. The van der Waals surface area contributed by atoms with Crippen molar-refractivity contribution in [2.24, 2.45) is 5.16 Å². The Labute approximate surface area is 203 Å². The van der Waals surface area contributed by atoms with E-state index in [9.17, 15) is 19.2 Å². The van der Waals surface area contributed by atoms with Crippen LogP contribution in [0.15, 0.2) is 22.3 Å². The summed E-state index contributed by atoms with van der Waals surface area (Å²) in [5, 5.41) is 7.60. The Bertz CT molecular complexity index is 1010. The molecule has 2 amide bonds. The molecule has 1 fully saturated rings. The summed E-state index contributed by atoms with van der Waals surface area (Å²) in [5.74, 6) is -1.97. The number of fused-ring (bicyclic) bond motifs is 1. The third-order valence-electron chi connectivity index (χ3n) is 4.90. The molecule has 184 valence electrons. The molecule has 1 aromatic heterocycles. The highest BCUT2D eigenvalue weighted by Gasteiger charge is 2.53. The highest BCUT2D eigenvalue weighted by molar-refractivity contribution is 8.00. The number of amides is 2. The van der Waals surface area contributed by atoms with Crippen molar-refractivity contribution >= 4 is 57.7 Å². The van der Waals surface area contributed by atoms with Gasteiger partial charge in [0.1, 0.15) is 29.9 Å². The number of hydrogen-bond donors (Lipinski definition) is 2. The molecule has 0 bridgehead atoms. The monoisotopic (exact) mass is 511 g/mol. The SMILES string of the molecule is CCCCCC(=O)OCOC(=O)C1=CCS[C@H]2C(NC(=O)C(=NOC)c3csc(N)n3)C(=O)N12. The van der Waals surface area contributed by atoms with Gasteiger partial charge in [-0.25, -0.2) is 9.78 Å². The Morgan fingerprint density at radius 1 is 1.32 bits per heavy atom. The van der Waals surface area contributed by atoms with E-state index in [0.717, 1.165) is 24.2 Å². The first-order chi connectivity index (χ1) is 16.4. The van der Waals surface area contributed by atoms with Crippen LogP contribution in [-0.4, -0.2) is 70.4 Å². The zero-order chi connectivity index (χ0) is 24.7. The number of thiazole rings is 1. The van der Waals surface area contributed by atoms with Gasteiger partial charge in [-0.2, -0.15) is 0 Å². The molecule has 0 aliphatic carbocycles. The Kier molecular flexibility index (Phi) is 8.87. The summed E-state index contributed by atoms with van der Waals surface area (Å²) < 4.78 is 9.92. The number of nitrogen functional groups attached to an aromatic ring is 1. The summed E-state index contributed by atoms with van der Waals surface area (Å²) in [4.78, 5) is 59.6. The molecule has 2 aliphatic rings. The Hall–Kier alpha value is -3.13. The van der Waals surface area contributed by atoms with Crippen LogP contribution in [0.3, 0.4) is 0 Å². The van der Waals surface area contributed by atoms with E-state index in [2.05, 4.69) is 15.5 Å². The number of nitrogens with two attached hydrogens (primary N) is 1. The number of ether oxygens (including phenoxy) is 2. The van der Waals surface area contributed by atoms with Crippen LogP contribution in [-0.2, 0) is 33.5 Å². The molecule has 34 heavy (non-hydrogen) atoms. The zero-order valence-corrected chi connectivity index (χ0v) is 20.3. The Morgan fingerprint density at radius 2 is 2.12 bits per heavy atom. The summed E-state index contributed by atoms with van der Waals surface area (Å²) in [5.41, 5.74) is 5.75. The molecule has 0 aromatic carbocycles. The molecule has 2 aliphatic heterocycles. The normalized spacial score (nSPS) is 19.5. The number of nitrogens with one attached hydrogen (secondary N) is 1. The minimum Gasteiger partial charge on any atom is -0.428 e. The van der Waals surface area contributed by atoms with Crippen LogP contribution in [0.4, 0.5) is 5.13 Å². The fourth-order valence-electron chi connectivity index (χ4n) is 3.25. The summed E-state index contributed by atoms with van der Waals surface area (Å²) in [6, 6.07) is -0.886. The molecule has 0 spiro atoms. The van der Waals surface area contributed by atoms with Gasteiger partial charge in [-0.1, -0.05) is 24.9 Å². The first-order valence-corrected chi connectivity index (χ1v) is 12.4. The third-order valence-corrected chi connectivity index (χ3v) is 6.76. The second-order valence-corrected chi connectivity index (χ2v) is 9.23. The lowest BCUT2D eigenvalue weighted by molar-refractivity contribution is -0.168. The van der Waals surface area contributed by atoms with Gasteiger partial charge in [0.25, 0.3) is 11.8 Å². The fourth-order valence-corrected chi connectivity index (χ4v) is 4.99. The molecular weight excluding hydrogens is 486 g/mol. The largest absolute Gasteiger partial charge is 0.428 e. The van der Waals surface area contributed by atoms with E-state index < -0.39 is 42.0 Å². The predicted molar refractivity (Wildman–Crippen MR) is 124 cm³/mol. The molecule has 0 saturated carbocycles. The fraction of sp³-hybridized carbons (Fsp3) is 0.500. The van der Waals surface area contributed by atoms with E-state index in [1.807, 2.05) is 6.92 Å². The number of β-lactam (4-membered cyclic amide) rings is 1. The first kappa shape index (κ1) is 25.5. The van der Waals surface area contributed by atoms with Crippen LogP contribution >= 0.6 is 23.1 Å². The van der Waals surface area contributed by atoms with Crippen molar-refractivity contribution in [3.63, 3.8) is 0 Å². The van der Waals surface area contributed by atoms with Gasteiger partial charge in [0.05, 0.1) is 0 Å². The Morgan fingerprint density at radius 3 is 2.79 bits per heavy atom. The quantitative estimate of drug-likeness (QED) is 0.109. The van der Waals surface area contributed by atoms with Gasteiger partial charge in [0.2, 0.25) is 6.79 Å². The summed E-state index contributed by atoms with van der Waals surface area (Å²) >= 11 is 2.50. The number of nitrogens with zero attached hydrogens (tertiary/aromatic N) is 3. The molecule has 1 unspecified atom stereocenters. The molecule has 3 N–H and O–H groups in total. The van der Waals surface area contributed by atoms with Gasteiger partial charge in [-0.05, 0) is 12.5 Å². The van der Waals surface area contributed by atoms with Crippen molar-refractivity contribution in [1.29, 1.82) is 0 Å². The van der Waals surface area contributed by atoms with Crippen LogP contribution in [0.2, 0.25) is 0 Å². The standard InChI is InChI=1S/C20H25N5O7S2/c1-3-4-5-6-13(26)31-10-32-19(29)12-7-8-33-18-15(17(28)25(12)18)23-16(27)14(24-30-2)11-9-34-20(21)22-11/h7,9,15,18H,3-6,8,10H2,1-2H3,(H2,21,22)(H,23,27)/t15?,18-/m0/s1. The number of unbranched alkanes of at least 4 members (excludes halogenated alkanes) is 2. The van der Waals surface area contributed by atoms with Crippen LogP contribution in [0.5, 0.6) is 0 Å². The molecule has 0 radical (unpaired) electrons. The lowest BCUT2D eigenvalue weighted by atomic mass is 10.0. The molecule has 3 heterocycles. The van der Waals surface area contributed by atoms with E-state index >= 15 is 0 Å². The summed E-state index contributed by atoms with van der Waals surface area (Å²) in [7, 11) is 1.28. The number of esters is 2. The third kappa shape index (κ3) is 5.86. The van der Waals surface area contributed by atoms with Crippen molar-refractivity contribution in [1.82, 2.24) is 15.2 Å². The van der Waals surface area contributed by atoms with Crippen LogP contribution in [0.25, 0.3) is 0 Å². The molecule has 14 heteroatoms. The molecule has 2 atom stereocenters. The van der Waals surface area contributed by atoms with Crippen molar-refractivity contribution in [2.45, 2.75) is 44.0 Å². The number of carbonyl (C=O) groups is 4. The van der Waals surface area contributed by atoms with E-state index in [4.69, 9.17) is 20.0 Å². The number of thioether (sulfide) groups is 1. The number of carbonyl (C=O) groups excluding carboxylic acids is 4. The minimum atomic E-state index is -0.886. The molecule has 12 nitrogen and oxygen atoms in total. The van der Waals surface area contributed by atoms with E-state index in [-0.39, 0.29) is 28.7 Å². The van der Waals surface area contributed by atoms with Crippen molar-refractivity contribution in [2.75, 3.05) is 25.4 Å². The van der Waals surface area contributed by atoms with Gasteiger partial charge >= 0.3 is 11.9 Å². The number of hydrogen-bond acceptors (Lipinski definition) is 12. The average Bonchev–Trinajstić information content (AvgIpc) is 3.25. The van der Waals surface area contributed by atoms with Crippen LogP contribution < -0.4 is 11.1 Å². The smallest absolute Gasteiger partial charge is 0.357 e. The van der Waals surface area contributed by atoms with Gasteiger partial charge in [0.15, 0.2) is 10.8 Å². The molecule has 1 aromatic rings. The number of oxime groups is 1. The van der Waals surface area contributed by atoms with Gasteiger partial charge in [0, 0.05) is 17.6 Å². The highest BCUT2D eigenvalue weighted by Crippen LogP contribution is 2.37. The van der Waals surface area contributed by atoms with Gasteiger partial charge < -0.3 is 25.4 Å². The maximum absolute atomic E-state index is 12.8. The van der Waals surface area contributed by atoms with Crippen LogP contribution in [0, 0.1) is 0 Å². The van der Waals surface area contributed by atoms with Crippen LogP contribution in [0.1, 0.15) is 38.3 Å². The van der Waals surface area contributed by atoms with Gasteiger partial charge in [-0.15, -0.1) is 23.1 Å². The lowest BCUT2D eigenvalue weighted by Crippen LogP contribution is -2.70. The predicted octanol–water partition coefficient (Wildman–Crippen LogP) is 0.984. The molecule has 1 saturated heterocycles. The van der Waals surface area contributed by atoms with E-state index in [1.165, 1.54) is 23.8 Å². The van der Waals surface area contributed by atoms with Gasteiger partial charge in [-0.3, -0.25) is 19.3 Å². The zero-order valence-electron chi connectivity index (χ0n) is 18.6. The van der Waals surface area contributed by atoms with Crippen molar-refractivity contribution < 1.29 is 33.5 Å². The maximum atomic E-state index is 12.8. The second kappa shape index (κ2) is 11.8. The van der Waals surface area contributed by atoms with E-state index in [1.54, 1.807) is 11.5 Å². The Balaban J connectivity index is 1.55. The first-order valence-electron chi connectivity index (χ1n) is 10.5. The maximum Gasteiger partial charge on any atom is 0.357 e. The van der Waals surface area contributed by atoms with Crippen molar-refractivity contribution in [3.8, 4) is 0 Å². The highest BCUT2D eigenvalue weighted by atomic mass is 32.2. The molecular formula is C20H25N5O7S2. The lowest BCUT2D eigenvalue weighted by Gasteiger charge is -2.48. The van der Waals surface area contributed by atoms with Crippen molar-refractivity contribution in [3.05, 3.63) is 22.8 Å². The minimum absolute atomic E-state index is 0.0411. The van der Waals surface area contributed by atoms with E-state index in [0.29, 0.717) is 12.2 Å². The molecule has 3 rings (SSSR count). The average molecular weight is 512 g/mol. The number of aromatic nitrogens is 1. The topological polar surface area (TPSA) is 163 Å². The second-order valence-electron chi connectivity index (χ2n) is 7.19. The summed E-state index contributed by atoms with van der Waals surface area (Å²) in [6.45, 7) is 1.49. The summed E-state index contributed by atoms with van der Waals surface area (Å²) in [6.07, 6.45) is 4.39. The number of anilines is 1.